The number of halogens is 1. The minimum absolute atomic E-state index is 0.592. The first-order valence-corrected chi connectivity index (χ1v) is 7.96. The van der Waals surface area contributed by atoms with Gasteiger partial charge >= 0.3 is 0 Å². The van der Waals surface area contributed by atoms with Gasteiger partial charge in [-0.05, 0) is 44.8 Å². The molecule has 3 rings (SSSR count). The summed E-state index contributed by atoms with van der Waals surface area (Å²) in [4.78, 5) is 13.8. The number of hydrogen-bond acceptors (Lipinski definition) is 4. The van der Waals surface area contributed by atoms with E-state index < -0.39 is 0 Å². The zero-order chi connectivity index (χ0) is 13.4. The highest BCUT2D eigenvalue weighted by molar-refractivity contribution is 7.18. The molecule has 2 aromatic heterocycles. The Morgan fingerprint density at radius 1 is 1.37 bits per heavy atom. The molecule has 0 unspecified atom stereocenters. The lowest BCUT2D eigenvalue weighted by atomic mass is 9.99. The van der Waals surface area contributed by atoms with Crippen molar-refractivity contribution >= 4 is 33.2 Å². The SMILES string of the molecule is Cc1cc2c(Cl)nc(CN3CCC(C)CC3)nc2s1. The number of thiophene rings is 1. The van der Waals surface area contributed by atoms with Gasteiger partial charge in [0.2, 0.25) is 0 Å². The van der Waals surface area contributed by atoms with Crippen molar-refractivity contribution in [3.63, 3.8) is 0 Å². The molecule has 0 radical (unpaired) electrons. The van der Waals surface area contributed by atoms with Crippen LogP contribution in [0, 0.1) is 12.8 Å². The molecular weight excluding hydrogens is 278 g/mol. The molecule has 0 bridgehead atoms. The van der Waals surface area contributed by atoms with E-state index in [9.17, 15) is 0 Å². The second kappa shape index (κ2) is 5.35. The number of aromatic nitrogens is 2. The largest absolute Gasteiger partial charge is 0.296 e. The van der Waals surface area contributed by atoms with Gasteiger partial charge in [-0.25, -0.2) is 9.97 Å². The minimum atomic E-state index is 0.592. The Kier molecular flexibility index (Phi) is 3.74. The van der Waals surface area contributed by atoms with Crippen LogP contribution in [0.3, 0.4) is 0 Å². The van der Waals surface area contributed by atoms with Gasteiger partial charge in [0, 0.05) is 10.3 Å². The van der Waals surface area contributed by atoms with E-state index >= 15 is 0 Å². The van der Waals surface area contributed by atoms with Gasteiger partial charge < -0.3 is 0 Å². The molecule has 1 fully saturated rings. The third kappa shape index (κ3) is 2.91. The number of rotatable bonds is 2. The maximum absolute atomic E-state index is 6.25. The van der Waals surface area contributed by atoms with Crippen molar-refractivity contribution in [1.82, 2.24) is 14.9 Å². The molecule has 5 heteroatoms. The number of likely N-dealkylation sites (tertiary alicyclic amines) is 1. The van der Waals surface area contributed by atoms with Crippen LogP contribution in [0.4, 0.5) is 0 Å². The summed E-state index contributed by atoms with van der Waals surface area (Å²) < 4.78 is 0. The van der Waals surface area contributed by atoms with Crippen LogP contribution in [0.5, 0.6) is 0 Å². The molecule has 2 aromatic rings. The van der Waals surface area contributed by atoms with Crippen LogP contribution in [-0.2, 0) is 6.54 Å². The van der Waals surface area contributed by atoms with Crippen LogP contribution in [0.15, 0.2) is 6.07 Å². The summed E-state index contributed by atoms with van der Waals surface area (Å²) >= 11 is 7.94. The standard InChI is InChI=1S/C14H18ClN3S/c1-9-3-5-18(6-4-9)8-12-16-13(15)11-7-10(2)19-14(11)17-12/h7,9H,3-6,8H2,1-2H3. The number of hydrogen-bond donors (Lipinski definition) is 0. The van der Waals surface area contributed by atoms with Gasteiger partial charge in [-0.3, -0.25) is 4.90 Å². The van der Waals surface area contributed by atoms with Crippen LogP contribution in [0.1, 0.15) is 30.5 Å². The summed E-state index contributed by atoms with van der Waals surface area (Å²) in [6, 6.07) is 2.06. The highest BCUT2D eigenvalue weighted by Crippen LogP contribution is 2.28. The number of aryl methyl sites for hydroxylation is 1. The van der Waals surface area contributed by atoms with E-state index in [1.807, 2.05) is 0 Å². The van der Waals surface area contributed by atoms with Crippen LogP contribution in [0.25, 0.3) is 10.2 Å². The highest BCUT2D eigenvalue weighted by atomic mass is 35.5. The molecule has 1 aliphatic rings. The first-order chi connectivity index (χ1) is 9.11. The summed E-state index contributed by atoms with van der Waals surface area (Å²) in [7, 11) is 0. The third-order valence-corrected chi connectivity index (χ3v) is 4.99. The molecule has 3 heterocycles. The van der Waals surface area contributed by atoms with E-state index in [1.54, 1.807) is 11.3 Å². The molecule has 0 aromatic carbocycles. The van der Waals surface area contributed by atoms with E-state index in [0.29, 0.717) is 5.15 Å². The molecule has 0 saturated carbocycles. The monoisotopic (exact) mass is 295 g/mol. The summed E-state index contributed by atoms with van der Waals surface area (Å²) in [5, 5.41) is 1.58. The molecule has 1 aliphatic heterocycles. The second-order valence-electron chi connectivity index (χ2n) is 5.47. The van der Waals surface area contributed by atoms with Crippen LogP contribution in [0.2, 0.25) is 5.15 Å². The van der Waals surface area contributed by atoms with Gasteiger partial charge in [0.05, 0.1) is 6.54 Å². The predicted octanol–water partition coefficient (Wildman–Crippen LogP) is 3.89. The smallest absolute Gasteiger partial charge is 0.145 e. The molecule has 0 amide bonds. The van der Waals surface area contributed by atoms with Gasteiger partial charge in [0.1, 0.15) is 15.8 Å². The van der Waals surface area contributed by atoms with Gasteiger partial charge in [-0.1, -0.05) is 18.5 Å². The fourth-order valence-corrected chi connectivity index (χ4v) is 3.74. The van der Waals surface area contributed by atoms with Crippen molar-refractivity contribution in [3.8, 4) is 0 Å². The van der Waals surface area contributed by atoms with Gasteiger partial charge in [-0.2, -0.15) is 0 Å². The Balaban J connectivity index is 1.81. The summed E-state index contributed by atoms with van der Waals surface area (Å²) in [6.45, 7) is 7.51. The average molecular weight is 296 g/mol. The van der Waals surface area contributed by atoms with Crippen molar-refractivity contribution in [1.29, 1.82) is 0 Å². The first-order valence-electron chi connectivity index (χ1n) is 6.77. The number of piperidine rings is 1. The molecule has 1 saturated heterocycles. The molecule has 3 nitrogen and oxygen atoms in total. The molecule has 19 heavy (non-hydrogen) atoms. The Hall–Kier alpha value is -0.710. The lowest BCUT2D eigenvalue weighted by Gasteiger charge is -2.29. The quantitative estimate of drug-likeness (QED) is 0.787. The van der Waals surface area contributed by atoms with E-state index in [2.05, 4.69) is 34.8 Å². The zero-order valence-corrected chi connectivity index (χ0v) is 12.9. The lowest BCUT2D eigenvalue weighted by Crippen LogP contribution is -2.32. The van der Waals surface area contributed by atoms with Crippen LogP contribution in [-0.4, -0.2) is 28.0 Å². The molecular formula is C14H18ClN3S. The van der Waals surface area contributed by atoms with Crippen LogP contribution >= 0.6 is 22.9 Å². The Morgan fingerprint density at radius 3 is 2.84 bits per heavy atom. The Morgan fingerprint density at radius 2 is 2.11 bits per heavy atom. The van der Waals surface area contributed by atoms with Crippen molar-refractivity contribution in [2.75, 3.05) is 13.1 Å². The predicted molar refractivity (Wildman–Crippen MR) is 80.8 cm³/mol. The molecule has 0 atom stereocenters. The fourth-order valence-electron chi connectivity index (χ4n) is 2.54. The molecule has 0 spiro atoms. The Bertz CT molecular complexity index is 588. The van der Waals surface area contributed by atoms with Gasteiger partial charge in [0.15, 0.2) is 0 Å². The second-order valence-corrected chi connectivity index (χ2v) is 7.06. The fraction of sp³-hybridized carbons (Fsp3) is 0.571. The van der Waals surface area contributed by atoms with E-state index in [0.717, 1.165) is 41.6 Å². The molecule has 0 aliphatic carbocycles. The van der Waals surface area contributed by atoms with Crippen LogP contribution < -0.4 is 0 Å². The van der Waals surface area contributed by atoms with Gasteiger partial charge in [-0.15, -0.1) is 11.3 Å². The van der Waals surface area contributed by atoms with Crippen molar-refractivity contribution in [3.05, 3.63) is 21.9 Å². The van der Waals surface area contributed by atoms with Gasteiger partial charge in [0.25, 0.3) is 0 Å². The third-order valence-electron chi connectivity index (χ3n) is 3.76. The normalized spacial score (nSPS) is 18.3. The van der Waals surface area contributed by atoms with E-state index in [4.69, 9.17) is 11.6 Å². The summed E-state index contributed by atoms with van der Waals surface area (Å²) in [5.41, 5.74) is 0. The molecule has 102 valence electrons. The topological polar surface area (TPSA) is 29.0 Å². The number of nitrogens with zero attached hydrogens (tertiary/aromatic N) is 3. The maximum Gasteiger partial charge on any atom is 0.145 e. The zero-order valence-electron chi connectivity index (χ0n) is 11.3. The highest BCUT2D eigenvalue weighted by Gasteiger charge is 2.17. The van der Waals surface area contributed by atoms with E-state index in [-0.39, 0.29) is 0 Å². The lowest BCUT2D eigenvalue weighted by molar-refractivity contribution is 0.181. The Labute approximate surface area is 122 Å². The maximum atomic E-state index is 6.25. The van der Waals surface area contributed by atoms with Crippen molar-refractivity contribution in [2.45, 2.75) is 33.2 Å². The minimum Gasteiger partial charge on any atom is -0.296 e. The average Bonchev–Trinajstić information content (AvgIpc) is 2.73. The van der Waals surface area contributed by atoms with Crippen molar-refractivity contribution in [2.24, 2.45) is 5.92 Å². The summed E-state index contributed by atoms with van der Waals surface area (Å²) in [6.07, 6.45) is 2.54. The number of fused-ring (bicyclic) bond motifs is 1. The molecule has 0 N–H and O–H groups in total. The van der Waals surface area contributed by atoms with E-state index in [1.165, 1.54) is 17.7 Å². The van der Waals surface area contributed by atoms with Crippen molar-refractivity contribution < 1.29 is 0 Å². The first kappa shape index (κ1) is 13.3. The summed E-state index contributed by atoms with van der Waals surface area (Å²) in [5.74, 6) is 1.71.